The Bertz CT molecular complexity index is 684. The molecule has 122 valence electrons. The van der Waals surface area contributed by atoms with Crippen molar-refractivity contribution in [1.29, 1.82) is 0 Å². The molecule has 2 aromatic rings. The van der Waals surface area contributed by atoms with Crippen LogP contribution < -0.4 is 10.5 Å². The molecule has 2 atom stereocenters. The molecule has 2 unspecified atom stereocenters. The topological polar surface area (TPSA) is 84.9 Å². The van der Waals surface area contributed by atoms with Crippen LogP contribution in [-0.2, 0) is 17.6 Å². The van der Waals surface area contributed by atoms with Crippen LogP contribution in [-0.4, -0.2) is 30.0 Å². The molecular weight excluding hydrogens is 294 g/mol. The maximum Gasteiger partial charge on any atom is 0.161 e. The molecule has 1 aliphatic heterocycles. The van der Waals surface area contributed by atoms with Crippen molar-refractivity contribution in [3.8, 4) is 17.2 Å². The molecule has 0 amide bonds. The van der Waals surface area contributed by atoms with E-state index in [-0.39, 0.29) is 23.7 Å². The normalized spacial score (nSPS) is 20.1. The van der Waals surface area contributed by atoms with Crippen molar-refractivity contribution in [2.45, 2.75) is 25.0 Å². The lowest BCUT2D eigenvalue weighted by atomic mass is 9.90. The van der Waals surface area contributed by atoms with E-state index in [9.17, 15) is 10.2 Å². The van der Waals surface area contributed by atoms with Gasteiger partial charge in [-0.05, 0) is 35.7 Å². The molecular formula is C18H21NO4. The van der Waals surface area contributed by atoms with Crippen molar-refractivity contribution in [3.05, 3.63) is 53.1 Å². The van der Waals surface area contributed by atoms with Gasteiger partial charge in [-0.25, -0.2) is 0 Å². The van der Waals surface area contributed by atoms with Gasteiger partial charge in [-0.2, -0.15) is 0 Å². The lowest BCUT2D eigenvalue weighted by Gasteiger charge is -2.32. The van der Waals surface area contributed by atoms with Crippen molar-refractivity contribution in [2.24, 2.45) is 5.73 Å². The molecule has 23 heavy (non-hydrogen) atoms. The zero-order chi connectivity index (χ0) is 16.4. The Morgan fingerprint density at radius 3 is 2.57 bits per heavy atom. The number of hydrogen-bond acceptors (Lipinski definition) is 5. The van der Waals surface area contributed by atoms with Crippen LogP contribution in [0.3, 0.4) is 0 Å². The van der Waals surface area contributed by atoms with Gasteiger partial charge in [0.05, 0.1) is 19.3 Å². The summed E-state index contributed by atoms with van der Waals surface area (Å²) in [5.41, 5.74) is 8.52. The van der Waals surface area contributed by atoms with Gasteiger partial charge in [-0.1, -0.05) is 18.2 Å². The summed E-state index contributed by atoms with van der Waals surface area (Å²) in [7, 11) is 1.64. The van der Waals surface area contributed by atoms with Crippen LogP contribution >= 0.6 is 0 Å². The van der Waals surface area contributed by atoms with E-state index in [1.54, 1.807) is 13.2 Å². The van der Waals surface area contributed by atoms with Crippen LogP contribution in [0.5, 0.6) is 17.2 Å². The third-order valence-corrected chi connectivity index (χ3v) is 4.27. The van der Waals surface area contributed by atoms with Crippen LogP contribution in [0.4, 0.5) is 0 Å². The molecule has 0 aliphatic carbocycles. The summed E-state index contributed by atoms with van der Waals surface area (Å²) in [6.45, 7) is 0.330. The number of rotatable bonds is 4. The second-order valence-electron chi connectivity index (χ2n) is 5.74. The van der Waals surface area contributed by atoms with Crippen LogP contribution in [0.25, 0.3) is 0 Å². The third-order valence-electron chi connectivity index (χ3n) is 4.27. The Morgan fingerprint density at radius 2 is 1.91 bits per heavy atom. The molecule has 3 rings (SSSR count). The average molecular weight is 315 g/mol. The molecule has 0 radical (unpaired) electrons. The van der Waals surface area contributed by atoms with Gasteiger partial charge in [0.2, 0.25) is 0 Å². The number of phenolic OH excluding ortho intramolecular Hbond substituents is 2. The summed E-state index contributed by atoms with van der Waals surface area (Å²) in [4.78, 5) is 0. The van der Waals surface area contributed by atoms with Crippen LogP contribution in [0.1, 0.15) is 22.8 Å². The predicted octanol–water partition coefficient (Wildman–Crippen LogP) is 2.29. The summed E-state index contributed by atoms with van der Waals surface area (Å²) in [6, 6.07) is 11.1. The molecule has 5 nitrogen and oxygen atoms in total. The first kappa shape index (κ1) is 15.6. The minimum Gasteiger partial charge on any atom is -0.504 e. The van der Waals surface area contributed by atoms with Crippen LogP contribution in [0, 0.1) is 0 Å². The van der Waals surface area contributed by atoms with Crippen molar-refractivity contribution < 1.29 is 19.7 Å². The molecule has 5 heteroatoms. The minimum atomic E-state index is -0.270. The summed E-state index contributed by atoms with van der Waals surface area (Å²) in [6.07, 6.45) is 0.873. The molecule has 0 saturated heterocycles. The highest BCUT2D eigenvalue weighted by Gasteiger charge is 2.29. The van der Waals surface area contributed by atoms with Crippen LogP contribution in [0.2, 0.25) is 0 Å². The van der Waals surface area contributed by atoms with Crippen molar-refractivity contribution in [1.82, 2.24) is 0 Å². The predicted molar refractivity (Wildman–Crippen MR) is 86.8 cm³/mol. The van der Waals surface area contributed by atoms with Crippen LogP contribution in [0.15, 0.2) is 36.4 Å². The Hall–Kier alpha value is -2.24. The van der Waals surface area contributed by atoms with E-state index >= 15 is 0 Å². The summed E-state index contributed by atoms with van der Waals surface area (Å²) >= 11 is 0. The Kier molecular flexibility index (Phi) is 4.41. The van der Waals surface area contributed by atoms with E-state index in [0.29, 0.717) is 19.4 Å². The SMILES string of the molecule is COc1ccc(CC2Cc3c(ccc(O)c3O)C(CN)O2)cc1. The Labute approximate surface area is 135 Å². The number of fused-ring (bicyclic) bond motifs is 1. The van der Waals surface area contributed by atoms with Crippen molar-refractivity contribution >= 4 is 0 Å². The molecule has 2 aromatic carbocycles. The number of ether oxygens (including phenoxy) is 2. The van der Waals surface area contributed by atoms with Gasteiger partial charge in [0.15, 0.2) is 11.5 Å². The average Bonchev–Trinajstić information content (AvgIpc) is 2.58. The summed E-state index contributed by atoms with van der Waals surface area (Å²) in [5, 5.41) is 19.9. The molecule has 0 bridgehead atoms. The van der Waals surface area contributed by atoms with Gasteiger partial charge in [0, 0.05) is 18.5 Å². The fraction of sp³-hybridized carbons (Fsp3) is 0.333. The van der Waals surface area contributed by atoms with Gasteiger partial charge in [-0.15, -0.1) is 0 Å². The first-order valence-electron chi connectivity index (χ1n) is 7.64. The van der Waals surface area contributed by atoms with Gasteiger partial charge in [0.25, 0.3) is 0 Å². The number of hydrogen-bond donors (Lipinski definition) is 3. The maximum atomic E-state index is 10.1. The molecule has 4 N–H and O–H groups in total. The molecule has 0 spiro atoms. The first-order valence-corrected chi connectivity index (χ1v) is 7.64. The third kappa shape index (κ3) is 3.11. The molecule has 1 heterocycles. The first-order chi connectivity index (χ1) is 11.1. The summed E-state index contributed by atoms with van der Waals surface area (Å²) in [5.74, 6) is 0.639. The number of aromatic hydroxyl groups is 2. The van der Waals surface area contributed by atoms with Gasteiger partial charge in [0.1, 0.15) is 5.75 Å². The molecule has 0 aromatic heterocycles. The van der Waals surface area contributed by atoms with E-state index in [4.69, 9.17) is 15.2 Å². The van der Waals surface area contributed by atoms with E-state index in [2.05, 4.69) is 0 Å². The van der Waals surface area contributed by atoms with Gasteiger partial charge in [-0.3, -0.25) is 0 Å². The highest BCUT2D eigenvalue weighted by Crippen LogP contribution is 2.40. The quantitative estimate of drug-likeness (QED) is 0.754. The minimum absolute atomic E-state index is 0.0658. The summed E-state index contributed by atoms with van der Waals surface area (Å²) < 4.78 is 11.2. The molecule has 0 fully saturated rings. The number of nitrogens with two attached hydrogens (primary N) is 1. The Morgan fingerprint density at radius 1 is 1.17 bits per heavy atom. The van der Waals surface area contributed by atoms with E-state index in [0.717, 1.165) is 22.4 Å². The largest absolute Gasteiger partial charge is 0.504 e. The zero-order valence-corrected chi connectivity index (χ0v) is 13.0. The smallest absolute Gasteiger partial charge is 0.161 e. The van der Waals surface area contributed by atoms with Gasteiger partial charge >= 0.3 is 0 Å². The molecule has 1 aliphatic rings. The number of phenols is 2. The Balaban J connectivity index is 1.83. The zero-order valence-electron chi connectivity index (χ0n) is 13.0. The maximum absolute atomic E-state index is 10.1. The monoisotopic (exact) mass is 315 g/mol. The standard InChI is InChI=1S/C18H21NO4/c1-22-12-4-2-11(3-5-12)8-13-9-15-14(17(10-19)23-13)6-7-16(20)18(15)21/h2-7,13,17,20-21H,8-10,19H2,1H3. The van der Waals surface area contributed by atoms with E-state index in [1.165, 1.54) is 6.07 Å². The second kappa shape index (κ2) is 6.48. The van der Waals surface area contributed by atoms with E-state index < -0.39 is 0 Å². The number of methoxy groups -OCH3 is 1. The van der Waals surface area contributed by atoms with E-state index in [1.807, 2.05) is 24.3 Å². The lowest BCUT2D eigenvalue weighted by Crippen LogP contribution is -2.31. The number of benzene rings is 2. The molecule has 0 saturated carbocycles. The van der Waals surface area contributed by atoms with Gasteiger partial charge < -0.3 is 25.4 Å². The van der Waals surface area contributed by atoms with Crippen molar-refractivity contribution in [3.63, 3.8) is 0 Å². The lowest BCUT2D eigenvalue weighted by molar-refractivity contribution is -0.0207. The highest BCUT2D eigenvalue weighted by molar-refractivity contribution is 5.51. The van der Waals surface area contributed by atoms with Crippen molar-refractivity contribution in [2.75, 3.05) is 13.7 Å². The highest BCUT2D eigenvalue weighted by atomic mass is 16.5. The fourth-order valence-electron chi connectivity index (χ4n) is 3.06. The second-order valence-corrected chi connectivity index (χ2v) is 5.74. The fourth-order valence-corrected chi connectivity index (χ4v) is 3.06.